The minimum atomic E-state index is -4.18. The van der Waals surface area contributed by atoms with Gasteiger partial charge in [0.05, 0.1) is 24.8 Å². The Hall–Kier alpha value is -4.05. The first kappa shape index (κ1) is 30.9. The van der Waals surface area contributed by atoms with E-state index in [-0.39, 0.29) is 29.1 Å². The minimum absolute atomic E-state index is 0.0321. The van der Waals surface area contributed by atoms with E-state index in [9.17, 15) is 18.0 Å². The molecule has 4 rings (SSSR count). The number of rotatable bonds is 12. The zero-order valence-electron chi connectivity index (χ0n) is 24.6. The lowest BCUT2D eigenvalue weighted by molar-refractivity contribution is -0.139. The van der Waals surface area contributed by atoms with Crippen LogP contribution in [0, 0.1) is 6.92 Å². The molecule has 0 saturated heterocycles. The third-order valence-electron chi connectivity index (χ3n) is 7.61. The molecule has 3 aromatic carbocycles. The molecule has 1 aliphatic rings. The highest BCUT2D eigenvalue weighted by atomic mass is 32.2. The predicted octanol–water partition coefficient (Wildman–Crippen LogP) is 4.68. The molecule has 1 saturated carbocycles. The number of nitrogens with zero attached hydrogens (tertiary/aromatic N) is 2. The van der Waals surface area contributed by atoms with Gasteiger partial charge in [-0.1, -0.05) is 60.9 Å². The van der Waals surface area contributed by atoms with Gasteiger partial charge >= 0.3 is 0 Å². The topological polar surface area (TPSA) is 105 Å². The highest BCUT2D eigenvalue weighted by Gasteiger charge is 2.33. The van der Waals surface area contributed by atoms with Crippen molar-refractivity contribution in [1.82, 2.24) is 10.2 Å². The molecule has 1 aliphatic carbocycles. The molecule has 0 radical (unpaired) electrons. The second-order valence-electron chi connectivity index (χ2n) is 10.5. The molecule has 10 heteroatoms. The van der Waals surface area contributed by atoms with Gasteiger partial charge in [0.2, 0.25) is 11.8 Å². The maximum atomic E-state index is 14.1. The van der Waals surface area contributed by atoms with Gasteiger partial charge in [-0.3, -0.25) is 13.9 Å². The lowest BCUT2D eigenvalue weighted by Crippen LogP contribution is -2.52. The molecule has 9 nitrogen and oxygen atoms in total. The van der Waals surface area contributed by atoms with Crippen LogP contribution in [0.5, 0.6) is 11.5 Å². The first-order chi connectivity index (χ1) is 20.1. The van der Waals surface area contributed by atoms with E-state index in [1.807, 2.05) is 31.2 Å². The second-order valence-corrected chi connectivity index (χ2v) is 12.4. The smallest absolute Gasteiger partial charge is 0.264 e. The number of ether oxygens (including phenoxy) is 2. The van der Waals surface area contributed by atoms with Gasteiger partial charge in [0, 0.05) is 18.7 Å². The third kappa shape index (κ3) is 7.23. The molecule has 2 amide bonds. The van der Waals surface area contributed by atoms with Crippen LogP contribution in [-0.2, 0) is 26.2 Å². The molecule has 0 aromatic heterocycles. The van der Waals surface area contributed by atoms with Gasteiger partial charge in [-0.2, -0.15) is 0 Å². The van der Waals surface area contributed by atoms with E-state index in [0.29, 0.717) is 11.5 Å². The van der Waals surface area contributed by atoms with Gasteiger partial charge in [-0.25, -0.2) is 8.42 Å². The fourth-order valence-electron chi connectivity index (χ4n) is 5.09. The molecule has 1 fully saturated rings. The summed E-state index contributed by atoms with van der Waals surface area (Å²) in [5, 5.41) is 3.08. The van der Waals surface area contributed by atoms with Gasteiger partial charge < -0.3 is 19.7 Å². The lowest BCUT2D eigenvalue weighted by atomic mass is 10.1. The summed E-state index contributed by atoms with van der Waals surface area (Å²) < 4.78 is 39.8. The summed E-state index contributed by atoms with van der Waals surface area (Å²) in [7, 11) is -1.24. The number of anilines is 1. The van der Waals surface area contributed by atoms with Crippen LogP contribution in [0.4, 0.5) is 5.69 Å². The highest BCUT2D eigenvalue weighted by molar-refractivity contribution is 7.92. The maximum absolute atomic E-state index is 14.1. The maximum Gasteiger partial charge on any atom is 0.264 e. The van der Waals surface area contributed by atoms with Crippen molar-refractivity contribution in [2.75, 3.05) is 25.1 Å². The van der Waals surface area contributed by atoms with Crippen molar-refractivity contribution in [2.45, 2.75) is 63.1 Å². The Bertz CT molecular complexity index is 1470. The number of nitrogens with one attached hydrogen (secondary N) is 1. The largest absolute Gasteiger partial charge is 0.493 e. The van der Waals surface area contributed by atoms with Crippen LogP contribution in [0.15, 0.2) is 77.7 Å². The first-order valence-corrected chi connectivity index (χ1v) is 15.5. The number of carbonyl (C=O) groups is 2. The van der Waals surface area contributed by atoms with Crippen LogP contribution >= 0.6 is 0 Å². The molecule has 0 unspecified atom stereocenters. The molecule has 1 atom stereocenters. The minimum Gasteiger partial charge on any atom is -0.493 e. The third-order valence-corrected chi connectivity index (χ3v) is 9.40. The summed E-state index contributed by atoms with van der Waals surface area (Å²) in [5.74, 6) is -0.0377. The molecule has 42 heavy (non-hydrogen) atoms. The molecular formula is C32H39N3O6S. The summed E-state index contributed by atoms with van der Waals surface area (Å²) >= 11 is 0. The van der Waals surface area contributed by atoms with Crippen molar-refractivity contribution in [3.8, 4) is 11.5 Å². The molecule has 0 spiro atoms. The molecular weight excluding hydrogens is 554 g/mol. The van der Waals surface area contributed by atoms with E-state index in [1.54, 1.807) is 37.3 Å². The van der Waals surface area contributed by atoms with Crippen LogP contribution in [0.25, 0.3) is 0 Å². The number of benzene rings is 3. The Morgan fingerprint density at radius 1 is 0.929 bits per heavy atom. The van der Waals surface area contributed by atoms with E-state index < -0.39 is 28.5 Å². The summed E-state index contributed by atoms with van der Waals surface area (Å²) in [6, 6.07) is 19.6. The predicted molar refractivity (Wildman–Crippen MR) is 162 cm³/mol. The fourth-order valence-corrected chi connectivity index (χ4v) is 6.52. The zero-order chi connectivity index (χ0) is 30.3. The van der Waals surface area contributed by atoms with Gasteiger partial charge in [0.1, 0.15) is 12.6 Å². The van der Waals surface area contributed by atoms with E-state index in [1.165, 1.54) is 37.3 Å². The van der Waals surface area contributed by atoms with Crippen LogP contribution in [-0.4, -0.2) is 58.0 Å². The van der Waals surface area contributed by atoms with Crippen LogP contribution in [0.1, 0.15) is 43.7 Å². The number of carbonyl (C=O) groups excluding carboxylic acids is 2. The molecule has 224 valence electrons. The SMILES string of the molecule is COc1ccc(N(CC(=O)N(Cc2ccc(C)cc2)[C@H](C)C(=O)NC2CCCC2)S(=O)(=O)c2ccccc2)cc1OC. The van der Waals surface area contributed by atoms with E-state index in [2.05, 4.69) is 5.32 Å². The molecule has 0 aliphatic heterocycles. The first-order valence-electron chi connectivity index (χ1n) is 14.1. The average molecular weight is 594 g/mol. The van der Waals surface area contributed by atoms with Crippen LogP contribution < -0.4 is 19.1 Å². The quantitative estimate of drug-likeness (QED) is 0.327. The number of hydrogen-bond donors (Lipinski definition) is 1. The second kappa shape index (κ2) is 13.7. The number of hydrogen-bond acceptors (Lipinski definition) is 6. The van der Waals surface area contributed by atoms with Gasteiger partial charge in [-0.05, 0) is 56.5 Å². The van der Waals surface area contributed by atoms with Crippen molar-refractivity contribution >= 4 is 27.5 Å². The van der Waals surface area contributed by atoms with Crippen molar-refractivity contribution in [3.63, 3.8) is 0 Å². The summed E-state index contributed by atoms with van der Waals surface area (Å²) in [5.41, 5.74) is 2.12. The Labute approximate surface area is 248 Å². The number of sulfonamides is 1. The van der Waals surface area contributed by atoms with Crippen molar-refractivity contribution in [3.05, 3.63) is 83.9 Å². The van der Waals surface area contributed by atoms with Crippen LogP contribution in [0.3, 0.4) is 0 Å². The lowest BCUT2D eigenvalue weighted by Gasteiger charge is -2.32. The molecule has 1 N–H and O–H groups in total. The number of amides is 2. The zero-order valence-corrected chi connectivity index (χ0v) is 25.4. The summed E-state index contributed by atoms with van der Waals surface area (Å²) in [6.45, 7) is 3.27. The Morgan fingerprint density at radius 3 is 2.19 bits per heavy atom. The van der Waals surface area contributed by atoms with Crippen molar-refractivity contribution in [1.29, 1.82) is 0 Å². The fraction of sp³-hybridized carbons (Fsp3) is 0.375. The average Bonchev–Trinajstić information content (AvgIpc) is 3.52. The summed E-state index contributed by atoms with van der Waals surface area (Å²) in [6.07, 6.45) is 3.94. The van der Waals surface area contributed by atoms with E-state index in [0.717, 1.165) is 41.1 Å². The van der Waals surface area contributed by atoms with E-state index >= 15 is 0 Å². The van der Waals surface area contributed by atoms with Gasteiger partial charge in [-0.15, -0.1) is 0 Å². The monoisotopic (exact) mass is 593 g/mol. The Balaban J connectivity index is 1.71. The van der Waals surface area contributed by atoms with Crippen LogP contribution in [0.2, 0.25) is 0 Å². The normalized spacial score (nSPS) is 14.2. The summed E-state index contributed by atoms with van der Waals surface area (Å²) in [4.78, 5) is 29.0. The molecule has 0 bridgehead atoms. The standard InChI is InChI=1S/C32H39N3O6S/c1-23-14-16-25(17-15-23)21-34(24(2)32(37)33-26-10-8-9-11-26)31(36)22-35(42(38,39)28-12-6-5-7-13-28)27-18-19-29(40-3)30(20-27)41-4/h5-7,12-20,24,26H,8-11,21-22H2,1-4H3,(H,33,37)/t24-/m1/s1. The van der Waals surface area contributed by atoms with E-state index in [4.69, 9.17) is 9.47 Å². The van der Waals surface area contributed by atoms with Gasteiger partial charge in [0.25, 0.3) is 10.0 Å². The van der Waals surface area contributed by atoms with Crippen molar-refractivity contribution < 1.29 is 27.5 Å². The Kier molecular flexibility index (Phi) is 10.1. The number of aryl methyl sites for hydroxylation is 1. The van der Waals surface area contributed by atoms with Gasteiger partial charge in [0.15, 0.2) is 11.5 Å². The highest BCUT2D eigenvalue weighted by Crippen LogP contribution is 2.34. The molecule has 0 heterocycles. The Morgan fingerprint density at radius 2 is 1.57 bits per heavy atom. The van der Waals surface area contributed by atoms with Crippen molar-refractivity contribution in [2.24, 2.45) is 0 Å². The molecule has 3 aromatic rings. The number of methoxy groups -OCH3 is 2.